The summed E-state index contributed by atoms with van der Waals surface area (Å²) in [6.45, 7) is 5.25. The number of nitrogens with two attached hydrogens (primary N) is 1. The van der Waals surface area contributed by atoms with E-state index in [0.29, 0.717) is 53.0 Å². The summed E-state index contributed by atoms with van der Waals surface area (Å²) in [5.41, 5.74) is 9.28. The van der Waals surface area contributed by atoms with Gasteiger partial charge in [-0.05, 0) is 74.1 Å². The third-order valence-electron chi connectivity index (χ3n) is 6.98. The van der Waals surface area contributed by atoms with Crippen LogP contribution in [0.3, 0.4) is 0 Å². The number of nitrogens with zero attached hydrogens (tertiary/aromatic N) is 5. The minimum Gasteiger partial charge on any atom is -0.492 e. The smallest absolute Gasteiger partial charge is 0.246 e. The van der Waals surface area contributed by atoms with Gasteiger partial charge in [0, 0.05) is 18.7 Å². The number of amides is 1. The number of aromatic nitrogens is 4. The molecule has 3 heterocycles. The van der Waals surface area contributed by atoms with E-state index in [4.69, 9.17) is 27.2 Å². The van der Waals surface area contributed by atoms with Crippen LogP contribution in [-0.4, -0.2) is 50.3 Å². The Balaban J connectivity index is 1.26. The second-order valence-electron chi connectivity index (χ2n) is 9.62. The van der Waals surface area contributed by atoms with Crippen LogP contribution in [0.15, 0.2) is 61.4 Å². The third kappa shape index (κ3) is 5.88. The number of rotatable bonds is 10. The van der Waals surface area contributed by atoms with Crippen LogP contribution in [0.5, 0.6) is 5.75 Å². The number of unbranched alkanes of at least 4 members (excludes halogenated alkanes) is 2. The number of likely N-dealkylation sites (tertiary alicyclic amines) is 1. The minimum absolute atomic E-state index is 0.0431. The van der Waals surface area contributed by atoms with Gasteiger partial charge in [0.2, 0.25) is 5.91 Å². The summed E-state index contributed by atoms with van der Waals surface area (Å²) in [4.78, 5) is 22.5. The molecule has 2 aromatic carbocycles. The fourth-order valence-corrected chi connectivity index (χ4v) is 5.21. The fourth-order valence-electron chi connectivity index (χ4n) is 4.97. The van der Waals surface area contributed by atoms with Crippen LogP contribution in [-0.2, 0) is 11.2 Å². The number of ether oxygens (including phenoxy) is 1. The largest absolute Gasteiger partial charge is 0.492 e. The molecule has 2 N–H and O–H groups in total. The monoisotopic (exact) mass is 548 g/mol. The molecule has 0 spiro atoms. The van der Waals surface area contributed by atoms with Crippen molar-refractivity contribution < 1.29 is 13.9 Å². The molecule has 1 unspecified atom stereocenters. The van der Waals surface area contributed by atoms with Crippen molar-refractivity contribution in [3.8, 4) is 17.0 Å². The summed E-state index contributed by atoms with van der Waals surface area (Å²) in [6, 6.07) is 12.2. The lowest BCUT2D eigenvalue weighted by Crippen LogP contribution is -2.27. The molecule has 1 atom stereocenters. The van der Waals surface area contributed by atoms with Gasteiger partial charge in [0.25, 0.3) is 0 Å². The van der Waals surface area contributed by atoms with Gasteiger partial charge in [-0.15, -0.1) is 0 Å². The molecule has 1 fully saturated rings. The molecule has 2 aromatic heterocycles. The number of fused-ring (bicyclic) bond motifs is 1. The standard InChI is InChI=1S/C29H30ClFN6O2/c1-2-25(38)36-13-12-22(17-36)37-29-26(28(32)33-18-34-29)27(35-37)20-10-11-24(23(30)16-20)39-14-5-3-4-7-19-8-6-9-21(31)15-19/h2,6,8-11,15-16,18,22H,1,3-5,7,12-14,17H2,(H2,32,33,34). The van der Waals surface area contributed by atoms with Gasteiger partial charge in [-0.1, -0.05) is 30.3 Å². The predicted octanol–water partition coefficient (Wildman–Crippen LogP) is 5.62. The zero-order chi connectivity index (χ0) is 27.4. The number of nitrogen functional groups attached to an aromatic ring is 1. The Morgan fingerprint density at radius 3 is 2.87 bits per heavy atom. The first-order valence-corrected chi connectivity index (χ1v) is 13.4. The van der Waals surface area contributed by atoms with E-state index in [1.165, 1.54) is 18.5 Å². The Morgan fingerprint density at radius 2 is 2.08 bits per heavy atom. The molecule has 10 heteroatoms. The fraction of sp³-hybridized carbons (Fsp3) is 0.310. The molecule has 39 heavy (non-hydrogen) atoms. The van der Waals surface area contributed by atoms with E-state index in [1.807, 2.05) is 28.9 Å². The summed E-state index contributed by atoms with van der Waals surface area (Å²) in [5.74, 6) is 0.618. The maximum absolute atomic E-state index is 13.3. The zero-order valence-corrected chi connectivity index (χ0v) is 22.3. The summed E-state index contributed by atoms with van der Waals surface area (Å²) in [6.07, 6.45) is 7.12. The molecule has 202 valence electrons. The third-order valence-corrected chi connectivity index (χ3v) is 7.27. The van der Waals surface area contributed by atoms with E-state index >= 15 is 0 Å². The number of halogens is 2. The van der Waals surface area contributed by atoms with Gasteiger partial charge < -0.3 is 15.4 Å². The van der Waals surface area contributed by atoms with Crippen molar-refractivity contribution in [1.29, 1.82) is 0 Å². The van der Waals surface area contributed by atoms with Crippen molar-refractivity contribution in [2.24, 2.45) is 0 Å². The van der Waals surface area contributed by atoms with E-state index in [1.54, 1.807) is 17.0 Å². The Bertz CT molecular complexity index is 1510. The molecule has 1 aliphatic rings. The highest BCUT2D eigenvalue weighted by atomic mass is 35.5. The lowest BCUT2D eigenvalue weighted by molar-refractivity contribution is -0.125. The maximum atomic E-state index is 13.3. The van der Waals surface area contributed by atoms with Crippen molar-refractivity contribution >= 4 is 34.4 Å². The first kappa shape index (κ1) is 26.6. The van der Waals surface area contributed by atoms with Crippen molar-refractivity contribution in [2.45, 2.75) is 38.1 Å². The van der Waals surface area contributed by atoms with Gasteiger partial charge in [-0.3, -0.25) is 4.79 Å². The topological polar surface area (TPSA) is 99.2 Å². The Morgan fingerprint density at radius 1 is 1.21 bits per heavy atom. The van der Waals surface area contributed by atoms with Crippen LogP contribution in [0.4, 0.5) is 10.2 Å². The van der Waals surface area contributed by atoms with E-state index < -0.39 is 0 Å². The van der Waals surface area contributed by atoms with E-state index in [2.05, 4.69) is 16.5 Å². The molecule has 5 rings (SSSR count). The van der Waals surface area contributed by atoms with Crippen LogP contribution in [0.2, 0.25) is 5.02 Å². The van der Waals surface area contributed by atoms with Gasteiger partial charge in [-0.2, -0.15) is 5.10 Å². The van der Waals surface area contributed by atoms with Crippen molar-refractivity contribution in [3.63, 3.8) is 0 Å². The highest BCUT2D eigenvalue weighted by Crippen LogP contribution is 2.36. The number of hydrogen-bond donors (Lipinski definition) is 1. The van der Waals surface area contributed by atoms with Gasteiger partial charge >= 0.3 is 0 Å². The summed E-state index contributed by atoms with van der Waals surface area (Å²) < 4.78 is 21.1. The number of carbonyl (C=O) groups is 1. The van der Waals surface area contributed by atoms with Crippen molar-refractivity contribution in [1.82, 2.24) is 24.6 Å². The normalized spacial score (nSPS) is 15.1. The predicted molar refractivity (Wildman–Crippen MR) is 150 cm³/mol. The van der Waals surface area contributed by atoms with E-state index in [0.717, 1.165) is 43.2 Å². The van der Waals surface area contributed by atoms with Gasteiger partial charge in [0.1, 0.15) is 29.4 Å². The average molecular weight is 549 g/mol. The molecule has 0 saturated carbocycles. The van der Waals surface area contributed by atoms with Gasteiger partial charge in [0.05, 0.1) is 23.1 Å². The molecule has 8 nitrogen and oxygen atoms in total. The lowest BCUT2D eigenvalue weighted by atomic mass is 10.1. The van der Waals surface area contributed by atoms with Crippen LogP contribution in [0.1, 0.15) is 37.3 Å². The number of aryl methyl sites for hydroxylation is 1. The molecule has 1 amide bonds. The zero-order valence-electron chi connectivity index (χ0n) is 21.5. The van der Waals surface area contributed by atoms with E-state index in [9.17, 15) is 9.18 Å². The maximum Gasteiger partial charge on any atom is 0.246 e. The quantitative estimate of drug-likeness (QED) is 0.204. The van der Waals surface area contributed by atoms with Gasteiger partial charge in [-0.25, -0.2) is 19.0 Å². The van der Waals surface area contributed by atoms with Gasteiger partial charge in [0.15, 0.2) is 5.65 Å². The number of hydrogen-bond acceptors (Lipinski definition) is 6. The summed E-state index contributed by atoms with van der Waals surface area (Å²) in [5, 5.41) is 5.98. The number of carbonyl (C=O) groups excluding carboxylic acids is 1. The molecule has 0 radical (unpaired) electrons. The SMILES string of the molecule is C=CC(=O)N1CCC(n2nc(-c3ccc(OCCCCCc4cccc(F)c4)c(Cl)c3)c3c(N)ncnc32)C1. The number of benzene rings is 2. The second kappa shape index (κ2) is 11.8. The van der Waals surface area contributed by atoms with Crippen molar-refractivity contribution in [2.75, 3.05) is 25.4 Å². The first-order chi connectivity index (χ1) is 18.9. The molecule has 0 bridgehead atoms. The molecule has 4 aromatic rings. The molecule has 0 aliphatic carbocycles. The molecular formula is C29H30ClFN6O2. The highest BCUT2D eigenvalue weighted by molar-refractivity contribution is 6.32. The lowest BCUT2D eigenvalue weighted by Gasteiger charge is -2.14. The molecular weight excluding hydrogens is 519 g/mol. The van der Waals surface area contributed by atoms with Crippen LogP contribution in [0.25, 0.3) is 22.3 Å². The Labute approximate surface area is 231 Å². The summed E-state index contributed by atoms with van der Waals surface area (Å²) in [7, 11) is 0. The number of anilines is 1. The summed E-state index contributed by atoms with van der Waals surface area (Å²) >= 11 is 6.60. The molecule has 1 saturated heterocycles. The Hall–Kier alpha value is -3.98. The second-order valence-corrected chi connectivity index (χ2v) is 10.0. The first-order valence-electron chi connectivity index (χ1n) is 13.0. The van der Waals surface area contributed by atoms with Crippen LogP contribution >= 0.6 is 11.6 Å². The van der Waals surface area contributed by atoms with Crippen LogP contribution in [0, 0.1) is 5.82 Å². The average Bonchev–Trinajstić information content (AvgIpc) is 3.57. The van der Waals surface area contributed by atoms with Crippen LogP contribution < -0.4 is 10.5 Å². The Kier molecular flexibility index (Phi) is 8.07. The highest BCUT2D eigenvalue weighted by Gasteiger charge is 2.30. The minimum atomic E-state index is -0.200. The molecule has 1 aliphatic heterocycles. The van der Waals surface area contributed by atoms with Crippen molar-refractivity contribution in [3.05, 3.63) is 77.9 Å². The van der Waals surface area contributed by atoms with E-state index in [-0.39, 0.29) is 17.8 Å².